The number of carbonyl (C=O) groups excluding carboxylic acids is 1. The quantitative estimate of drug-likeness (QED) is 0.738. The van der Waals surface area contributed by atoms with Crippen LogP contribution in [0.3, 0.4) is 0 Å². The van der Waals surface area contributed by atoms with E-state index < -0.39 is 6.10 Å². The van der Waals surface area contributed by atoms with E-state index >= 15 is 0 Å². The van der Waals surface area contributed by atoms with Crippen LogP contribution in [0.5, 0.6) is 0 Å². The van der Waals surface area contributed by atoms with Gasteiger partial charge in [-0.1, -0.05) is 13.8 Å². The van der Waals surface area contributed by atoms with Gasteiger partial charge in [0.2, 0.25) is 0 Å². The molecule has 6 heteroatoms. The Morgan fingerprint density at radius 3 is 2.52 bits per heavy atom. The highest BCUT2D eigenvalue weighted by Crippen LogP contribution is 2.20. The van der Waals surface area contributed by atoms with Crippen LogP contribution in [-0.4, -0.2) is 42.9 Å². The van der Waals surface area contributed by atoms with Crippen LogP contribution in [0.1, 0.15) is 38.7 Å². The number of urea groups is 1. The Balaban J connectivity index is 1.71. The average Bonchev–Trinajstić information content (AvgIpc) is 2.60. The molecule has 1 saturated heterocycles. The first kappa shape index (κ1) is 19.1. The van der Waals surface area contributed by atoms with Gasteiger partial charge >= 0.3 is 6.03 Å². The molecule has 1 unspecified atom stereocenters. The number of aliphatic hydroxyl groups is 1. The predicted molar refractivity (Wildman–Crippen MR) is 98.4 cm³/mol. The Morgan fingerprint density at radius 2 is 1.96 bits per heavy atom. The Labute approximate surface area is 149 Å². The van der Waals surface area contributed by atoms with Gasteiger partial charge in [0.25, 0.3) is 0 Å². The SMILES string of the molecule is CC(C)CC(O)CNC(=O)NC1CCN(c2ccc(C#N)cc2)CC1. The molecule has 3 N–H and O–H groups in total. The van der Waals surface area contributed by atoms with Gasteiger partial charge in [-0.05, 0) is 49.4 Å². The molecule has 1 aliphatic rings. The summed E-state index contributed by atoms with van der Waals surface area (Å²) in [5.41, 5.74) is 1.77. The normalized spacial score (nSPS) is 16.4. The van der Waals surface area contributed by atoms with Crippen LogP contribution in [0.25, 0.3) is 0 Å². The minimum absolute atomic E-state index is 0.150. The highest BCUT2D eigenvalue weighted by atomic mass is 16.3. The van der Waals surface area contributed by atoms with Crippen molar-refractivity contribution in [2.45, 2.75) is 45.3 Å². The first-order chi connectivity index (χ1) is 12.0. The molecule has 25 heavy (non-hydrogen) atoms. The monoisotopic (exact) mass is 344 g/mol. The zero-order valence-corrected chi connectivity index (χ0v) is 15.0. The molecule has 6 nitrogen and oxygen atoms in total. The van der Waals surface area contributed by atoms with Crippen molar-refractivity contribution in [3.63, 3.8) is 0 Å². The molecular formula is C19H28N4O2. The zero-order chi connectivity index (χ0) is 18.2. The number of anilines is 1. The van der Waals surface area contributed by atoms with Crippen LogP contribution < -0.4 is 15.5 Å². The molecule has 1 aromatic carbocycles. The molecular weight excluding hydrogens is 316 g/mol. The van der Waals surface area contributed by atoms with Crippen molar-refractivity contribution < 1.29 is 9.90 Å². The minimum atomic E-state index is -0.496. The van der Waals surface area contributed by atoms with E-state index in [1.165, 1.54) is 0 Å². The lowest BCUT2D eigenvalue weighted by atomic mass is 10.0. The molecule has 136 valence electrons. The van der Waals surface area contributed by atoms with E-state index in [2.05, 4.69) is 21.6 Å². The van der Waals surface area contributed by atoms with Crippen LogP contribution in [-0.2, 0) is 0 Å². The van der Waals surface area contributed by atoms with Crippen molar-refractivity contribution in [2.75, 3.05) is 24.5 Å². The van der Waals surface area contributed by atoms with Crippen molar-refractivity contribution in [2.24, 2.45) is 5.92 Å². The molecule has 0 bridgehead atoms. The summed E-state index contributed by atoms with van der Waals surface area (Å²) >= 11 is 0. The lowest BCUT2D eigenvalue weighted by Crippen LogP contribution is -2.49. The molecule has 0 saturated carbocycles. The fourth-order valence-electron chi connectivity index (χ4n) is 3.10. The number of rotatable bonds is 6. The number of nitriles is 1. The summed E-state index contributed by atoms with van der Waals surface area (Å²) in [5.74, 6) is 0.409. The third-order valence-electron chi connectivity index (χ3n) is 4.43. The number of hydrogen-bond donors (Lipinski definition) is 3. The number of piperidine rings is 1. The molecule has 1 atom stereocenters. The number of benzene rings is 1. The van der Waals surface area contributed by atoms with E-state index in [0.717, 1.165) is 31.6 Å². The van der Waals surface area contributed by atoms with Crippen molar-refractivity contribution in [1.82, 2.24) is 10.6 Å². The van der Waals surface area contributed by atoms with Crippen LogP contribution in [0, 0.1) is 17.2 Å². The lowest BCUT2D eigenvalue weighted by Gasteiger charge is -2.34. The Hall–Kier alpha value is -2.26. The van der Waals surface area contributed by atoms with Crippen LogP contribution in [0.4, 0.5) is 10.5 Å². The Morgan fingerprint density at radius 1 is 1.32 bits per heavy atom. The second kappa shape index (κ2) is 9.28. The number of carbonyl (C=O) groups is 1. The van der Waals surface area contributed by atoms with Gasteiger partial charge in [-0.15, -0.1) is 0 Å². The fourth-order valence-corrected chi connectivity index (χ4v) is 3.10. The zero-order valence-electron chi connectivity index (χ0n) is 15.0. The number of aliphatic hydroxyl groups excluding tert-OH is 1. The highest BCUT2D eigenvalue weighted by Gasteiger charge is 2.21. The van der Waals surface area contributed by atoms with Crippen molar-refractivity contribution in [1.29, 1.82) is 5.26 Å². The molecule has 0 spiro atoms. The van der Waals surface area contributed by atoms with Crippen molar-refractivity contribution >= 4 is 11.7 Å². The molecule has 1 heterocycles. The van der Waals surface area contributed by atoms with Gasteiger partial charge in [-0.2, -0.15) is 5.26 Å². The molecule has 2 amide bonds. The van der Waals surface area contributed by atoms with Gasteiger partial charge in [-0.25, -0.2) is 4.79 Å². The number of nitrogens with zero attached hydrogens (tertiary/aromatic N) is 2. The van der Waals surface area contributed by atoms with E-state index in [-0.39, 0.29) is 18.6 Å². The van der Waals surface area contributed by atoms with Gasteiger partial charge < -0.3 is 20.6 Å². The third-order valence-corrected chi connectivity index (χ3v) is 4.43. The summed E-state index contributed by atoms with van der Waals surface area (Å²) in [7, 11) is 0. The maximum Gasteiger partial charge on any atom is 0.315 e. The molecule has 0 aliphatic carbocycles. The van der Waals surface area contributed by atoms with E-state index in [0.29, 0.717) is 17.9 Å². The first-order valence-corrected chi connectivity index (χ1v) is 8.95. The van der Waals surface area contributed by atoms with Crippen LogP contribution in [0.15, 0.2) is 24.3 Å². The molecule has 0 radical (unpaired) electrons. The second-order valence-electron chi connectivity index (χ2n) is 7.06. The van der Waals surface area contributed by atoms with Gasteiger partial charge in [0.1, 0.15) is 0 Å². The van der Waals surface area contributed by atoms with E-state index in [1.807, 2.05) is 38.1 Å². The summed E-state index contributed by atoms with van der Waals surface area (Å²) in [6, 6.07) is 9.66. The summed E-state index contributed by atoms with van der Waals surface area (Å²) in [6.07, 6.45) is 1.94. The Kier molecular flexibility index (Phi) is 7.08. The molecule has 1 aliphatic heterocycles. The van der Waals surface area contributed by atoms with Crippen molar-refractivity contribution in [3.8, 4) is 6.07 Å². The number of amides is 2. The van der Waals surface area contributed by atoms with Crippen LogP contribution >= 0.6 is 0 Å². The molecule has 0 aromatic heterocycles. The predicted octanol–water partition coefficient (Wildman–Crippen LogP) is 2.23. The first-order valence-electron chi connectivity index (χ1n) is 8.95. The smallest absolute Gasteiger partial charge is 0.315 e. The van der Waals surface area contributed by atoms with E-state index in [1.54, 1.807) is 0 Å². The maximum absolute atomic E-state index is 11.9. The third kappa shape index (κ3) is 6.28. The number of nitrogens with one attached hydrogen (secondary N) is 2. The Bertz CT molecular complexity index is 586. The summed E-state index contributed by atoms with van der Waals surface area (Å²) in [6.45, 7) is 6.11. The summed E-state index contributed by atoms with van der Waals surface area (Å²) in [5, 5.41) is 24.4. The summed E-state index contributed by atoms with van der Waals surface area (Å²) in [4.78, 5) is 14.2. The standard InChI is InChI=1S/C19H28N4O2/c1-14(2)11-18(24)13-21-19(25)22-16-7-9-23(10-8-16)17-5-3-15(12-20)4-6-17/h3-6,14,16,18,24H,7-11,13H2,1-2H3,(H2,21,22,25). The maximum atomic E-state index is 11.9. The van der Waals surface area contributed by atoms with Gasteiger partial charge in [0.05, 0.1) is 17.7 Å². The second-order valence-corrected chi connectivity index (χ2v) is 7.06. The van der Waals surface area contributed by atoms with Crippen LogP contribution in [0.2, 0.25) is 0 Å². The largest absolute Gasteiger partial charge is 0.391 e. The molecule has 1 aromatic rings. The number of hydrogen-bond acceptors (Lipinski definition) is 4. The van der Waals surface area contributed by atoms with E-state index in [4.69, 9.17) is 5.26 Å². The topological polar surface area (TPSA) is 88.4 Å². The van der Waals surface area contributed by atoms with Gasteiger partial charge in [0, 0.05) is 31.4 Å². The molecule has 2 rings (SSSR count). The minimum Gasteiger partial charge on any atom is -0.391 e. The highest BCUT2D eigenvalue weighted by molar-refractivity contribution is 5.74. The van der Waals surface area contributed by atoms with Crippen molar-refractivity contribution in [3.05, 3.63) is 29.8 Å². The summed E-state index contributed by atoms with van der Waals surface area (Å²) < 4.78 is 0. The van der Waals surface area contributed by atoms with E-state index in [9.17, 15) is 9.90 Å². The van der Waals surface area contributed by atoms with Gasteiger partial charge in [-0.3, -0.25) is 0 Å². The van der Waals surface area contributed by atoms with Gasteiger partial charge in [0.15, 0.2) is 0 Å². The fraction of sp³-hybridized carbons (Fsp3) is 0.579. The average molecular weight is 344 g/mol. The molecule has 1 fully saturated rings. The lowest BCUT2D eigenvalue weighted by molar-refractivity contribution is 0.146.